The summed E-state index contributed by atoms with van der Waals surface area (Å²) >= 11 is 3.55. The van der Waals surface area contributed by atoms with E-state index in [0.717, 1.165) is 35.0 Å². The van der Waals surface area contributed by atoms with Crippen LogP contribution >= 0.6 is 15.9 Å². The summed E-state index contributed by atoms with van der Waals surface area (Å²) < 4.78 is 6.66. The number of aliphatic hydroxyl groups excluding tert-OH is 1. The van der Waals surface area contributed by atoms with Crippen LogP contribution in [-0.2, 0) is 6.42 Å². The highest BCUT2D eigenvalue weighted by atomic mass is 79.9. The van der Waals surface area contributed by atoms with Crippen molar-refractivity contribution in [2.24, 2.45) is 5.92 Å². The van der Waals surface area contributed by atoms with Gasteiger partial charge in [-0.15, -0.1) is 0 Å². The SMILES string of the molecule is CCOc1ccc(Br)c2c1CCC(C)CC2O. The molecule has 0 saturated carbocycles. The molecule has 0 heterocycles. The summed E-state index contributed by atoms with van der Waals surface area (Å²) in [5.74, 6) is 1.48. The normalized spacial score (nSPS) is 24.0. The number of rotatable bonds is 2. The maximum absolute atomic E-state index is 10.3. The third-order valence-corrected chi connectivity index (χ3v) is 4.10. The summed E-state index contributed by atoms with van der Waals surface area (Å²) in [6.45, 7) is 4.85. The molecule has 0 aliphatic heterocycles. The lowest BCUT2D eigenvalue weighted by Crippen LogP contribution is -2.04. The second-order valence-electron chi connectivity index (χ2n) is 4.77. The largest absolute Gasteiger partial charge is 0.494 e. The molecule has 0 amide bonds. The summed E-state index contributed by atoms with van der Waals surface area (Å²) in [6.07, 6.45) is 2.56. The molecule has 0 bridgehead atoms. The van der Waals surface area contributed by atoms with Crippen LogP contribution in [0.5, 0.6) is 5.75 Å². The minimum Gasteiger partial charge on any atom is -0.494 e. The third-order valence-electron chi connectivity index (χ3n) is 3.41. The lowest BCUT2D eigenvalue weighted by molar-refractivity contribution is 0.149. The second kappa shape index (κ2) is 5.40. The van der Waals surface area contributed by atoms with Crippen molar-refractivity contribution in [2.45, 2.75) is 39.2 Å². The minimum absolute atomic E-state index is 0.378. The van der Waals surface area contributed by atoms with Gasteiger partial charge in [-0.3, -0.25) is 0 Å². The van der Waals surface area contributed by atoms with E-state index in [4.69, 9.17) is 4.74 Å². The molecule has 2 nitrogen and oxygen atoms in total. The van der Waals surface area contributed by atoms with Crippen LogP contribution in [0.4, 0.5) is 0 Å². The zero-order chi connectivity index (χ0) is 12.4. The number of hydrogen-bond acceptors (Lipinski definition) is 2. The molecule has 1 N–H and O–H groups in total. The summed E-state index contributed by atoms with van der Waals surface area (Å²) in [5.41, 5.74) is 2.21. The predicted molar refractivity (Wildman–Crippen MR) is 72.4 cm³/mol. The van der Waals surface area contributed by atoms with Crippen LogP contribution < -0.4 is 4.74 Å². The topological polar surface area (TPSA) is 29.5 Å². The molecule has 94 valence electrons. The standard InChI is InChI=1S/C14H19BrO2/c1-3-17-13-7-6-11(15)14-10(13)5-4-9(2)8-12(14)16/h6-7,9,12,16H,3-5,8H2,1-2H3. The number of benzene rings is 1. The molecule has 2 rings (SSSR count). The van der Waals surface area contributed by atoms with Gasteiger partial charge in [0.25, 0.3) is 0 Å². The molecule has 0 saturated heterocycles. The highest BCUT2D eigenvalue weighted by Crippen LogP contribution is 2.40. The van der Waals surface area contributed by atoms with Gasteiger partial charge in [0.05, 0.1) is 12.7 Å². The lowest BCUT2D eigenvalue weighted by Gasteiger charge is -2.17. The summed E-state index contributed by atoms with van der Waals surface area (Å²) in [5, 5.41) is 10.3. The van der Waals surface area contributed by atoms with Crippen molar-refractivity contribution < 1.29 is 9.84 Å². The number of fused-ring (bicyclic) bond motifs is 1. The van der Waals surface area contributed by atoms with Gasteiger partial charge in [0.1, 0.15) is 5.75 Å². The van der Waals surface area contributed by atoms with Gasteiger partial charge in [0, 0.05) is 15.6 Å². The van der Waals surface area contributed by atoms with Crippen molar-refractivity contribution >= 4 is 15.9 Å². The molecule has 0 spiro atoms. The molecule has 1 aliphatic rings. The Morgan fingerprint density at radius 2 is 2.24 bits per heavy atom. The van der Waals surface area contributed by atoms with Crippen LogP contribution in [0.2, 0.25) is 0 Å². The van der Waals surface area contributed by atoms with Crippen molar-refractivity contribution in [3.63, 3.8) is 0 Å². The smallest absolute Gasteiger partial charge is 0.122 e. The highest BCUT2D eigenvalue weighted by molar-refractivity contribution is 9.10. The Kier molecular flexibility index (Phi) is 4.10. The Labute approximate surface area is 111 Å². The maximum Gasteiger partial charge on any atom is 0.122 e. The van der Waals surface area contributed by atoms with Gasteiger partial charge < -0.3 is 9.84 Å². The van der Waals surface area contributed by atoms with Gasteiger partial charge in [0.15, 0.2) is 0 Å². The van der Waals surface area contributed by atoms with E-state index in [1.54, 1.807) is 0 Å². The molecular weight excluding hydrogens is 280 g/mol. The van der Waals surface area contributed by atoms with E-state index in [9.17, 15) is 5.11 Å². The molecule has 1 aromatic rings. The van der Waals surface area contributed by atoms with Crippen LogP contribution in [0.1, 0.15) is 43.9 Å². The van der Waals surface area contributed by atoms with Gasteiger partial charge in [-0.05, 0) is 44.2 Å². The van der Waals surface area contributed by atoms with E-state index in [2.05, 4.69) is 22.9 Å². The first-order valence-electron chi connectivity index (χ1n) is 6.25. The minimum atomic E-state index is -0.378. The predicted octanol–water partition coefficient (Wildman–Crippen LogP) is 3.85. The molecule has 3 heteroatoms. The fourth-order valence-electron chi connectivity index (χ4n) is 2.53. The molecule has 0 fully saturated rings. The summed E-state index contributed by atoms with van der Waals surface area (Å²) in [4.78, 5) is 0. The van der Waals surface area contributed by atoms with E-state index < -0.39 is 0 Å². The fraction of sp³-hybridized carbons (Fsp3) is 0.571. The van der Waals surface area contributed by atoms with Gasteiger partial charge in [-0.1, -0.05) is 22.9 Å². The summed E-state index contributed by atoms with van der Waals surface area (Å²) in [6, 6.07) is 3.97. The molecule has 0 aromatic heterocycles. The van der Waals surface area contributed by atoms with Crippen molar-refractivity contribution in [1.82, 2.24) is 0 Å². The quantitative estimate of drug-likeness (QED) is 0.840. The highest BCUT2D eigenvalue weighted by Gasteiger charge is 2.25. The van der Waals surface area contributed by atoms with Crippen molar-refractivity contribution in [1.29, 1.82) is 0 Å². The van der Waals surface area contributed by atoms with Gasteiger partial charge in [0.2, 0.25) is 0 Å². The average molecular weight is 299 g/mol. The molecule has 1 aromatic carbocycles. The number of ether oxygens (including phenoxy) is 1. The Bertz CT molecular complexity index is 403. The van der Waals surface area contributed by atoms with Crippen molar-refractivity contribution in [3.05, 3.63) is 27.7 Å². The van der Waals surface area contributed by atoms with Crippen LogP contribution in [0.25, 0.3) is 0 Å². The number of hydrogen-bond donors (Lipinski definition) is 1. The number of aliphatic hydroxyl groups is 1. The van der Waals surface area contributed by atoms with Crippen LogP contribution in [-0.4, -0.2) is 11.7 Å². The second-order valence-corrected chi connectivity index (χ2v) is 5.62. The Balaban J connectivity index is 2.47. The van der Waals surface area contributed by atoms with Crippen LogP contribution in [0, 0.1) is 5.92 Å². The third kappa shape index (κ3) is 2.66. The molecule has 2 unspecified atom stereocenters. The first-order valence-corrected chi connectivity index (χ1v) is 7.05. The van der Waals surface area contributed by atoms with E-state index >= 15 is 0 Å². The van der Waals surface area contributed by atoms with Crippen molar-refractivity contribution in [3.8, 4) is 5.75 Å². The Hall–Kier alpha value is -0.540. The van der Waals surface area contributed by atoms with Crippen molar-refractivity contribution in [2.75, 3.05) is 6.61 Å². The molecule has 17 heavy (non-hydrogen) atoms. The monoisotopic (exact) mass is 298 g/mol. The van der Waals surface area contributed by atoms with Gasteiger partial charge in [-0.2, -0.15) is 0 Å². The molecule has 2 atom stereocenters. The maximum atomic E-state index is 10.3. The van der Waals surface area contributed by atoms with E-state index in [1.165, 1.54) is 5.56 Å². The van der Waals surface area contributed by atoms with Crippen LogP contribution in [0.15, 0.2) is 16.6 Å². The first-order chi connectivity index (χ1) is 8.13. The lowest BCUT2D eigenvalue weighted by atomic mass is 9.99. The van der Waals surface area contributed by atoms with Crippen LogP contribution in [0.3, 0.4) is 0 Å². The number of halogens is 1. The zero-order valence-corrected chi connectivity index (χ0v) is 12.0. The average Bonchev–Trinajstić information content (AvgIpc) is 2.43. The van der Waals surface area contributed by atoms with Gasteiger partial charge in [-0.25, -0.2) is 0 Å². The first kappa shape index (κ1) is 12.9. The van der Waals surface area contributed by atoms with E-state index in [1.807, 2.05) is 19.1 Å². The van der Waals surface area contributed by atoms with E-state index in [-0.39, 0.29) is 6.10 Å². The Morgan fingerprint density at radius 1 is 1.47 bits per heavy atom. The zero-order valence-electron chi connectivity index (χ0n) is 10.4. The molecule has 0 radical (unpaired) electrons. The molecule has 1 aliphatic carbocycles. The van der Waals surface area contributed by atoms with E-state index in [0.29, 0.717) is 12.5 Å². The summed E-state index contributed by atoms with van der Waals surface area (Å²) in [7, 11) is 0. The molecular formula is C14H19BrO2. The fourth-order valence-corrected chi connectivity index (χ4v) is 3.17. The Morgan fingerprint density at radius 3 is 2.94 bits per heavy atom. The van der Waals surface area contributed by atoms with Gasteiger partial charge >= 0.3 is 0 Å².